The molecule has 1 aromatic carbocycles. The highest BCUT2D eigenvalue weighted by Crippen LogP contribution is 2.34. The van der Waals surface area contributed by atoms with Crippen LogP contribution in [-0.4, -0.2) is 49.5 Å². The van der Waals surface area contributed by atoms with Gasteiger partial charge >= 0.3 is 5.97 Å². The van der Waals surface area contributed by atoms with Gasteiger partial charge in [0.2, 0.25) is 0 Å². The van der Waals surface area contributed by atoms with Crippen LogP contribution in [0.4, 0.5) is 5.69 Å². The topological polar surface area (TPSA) is 107 Å². The van der Waals surface area contributed by atoms with Crippen molar-refractivity contribution >= 4 is 40.3 Å². The maximum absolute atomic E-state index is 12.4. The zero-order valence-electron chi connectivity index (χ0n) is 14.4. The summed E-state index contributed by atoms with van der Waals surface area (Å²) in [5.41, 5.74) is -2.05. The van der Waals surface area contributed by atoms with Crippen molar-refractivity contribution in [3.8, 4) is 0 Å². The summed E-state index contributed by atoms with van der Waals surface area (Å²) in [5.74, 6) is -0.810. The molecular weight excluding hydrogens is 366 g/mol. The highest BCUT2D eigenvalue weighted by molar-refractivity contribution is 8.10. The lowest BCUT2D eigenvalue weighted by molar-refractivity contribution is -0.385. The molecule has 0 fully saturated rings. The second-order valence-electron chi connectivity index (χ2n) is 5.31. The van der Waals surface area contributed by atoms with E-state index in [1.807, 2.05) is 0 Å². The molecule has 1 unspecified atom stereocenters. The first kappa shape index (κ1) is 21.3. The van der Waals surface area contributed by atoms with E-state index in [4.69, 9.17) is 4.74 Å². The van der Waals surface area contributed by atoms with E-state index in [1.165, 1.54) is 37.5 Å². The summed E-state index contributed by atoms with van der Waals surface area (Å²) in [4.78, 5) is 23.0. The van der Waals surface area contributed by atoms with Crippen LogP contribution in [0.1, 0.15) is 19.4 Å². The Balaban J connectivity index is 3.57. The van der Waals surface area contributed by atoms with Gasteiger partial charge in [0.25, 0.3) is 5.69 Å². The van der Waals surface area contributed by atoms with Gasteiger partial charge in [-0.1, -0.05) is 12.1 Å². The van der Waals surface area contributed by atoms with Gasteiger partial charge in [-0.05, 0) is 32.2 Å². The monoisotopic (exact) mass is 387 g/mol. The Morgan fingerprint density at radius 2 is 2.12 bits per heavy atom. The number of thioether (sulfide) groups is 1. The third kappa shape index (κ3) is 5.13. The summed E-state index contributed by atoms with van der Waals surface area (Å²) in [5, 5.41) is 22.1. The quantitative estimate of drug-likeness (QED) is 0.316. The Hall–Kier alpha value is -1.71. The van der Waals surface area contributed by atoms with Crippen LogP contribution in [0.2, 0.25) is 0 Å². The minimum Gasteiger partial charge on any atom is -0.463 e. The number of hydrogen-bond donors (Lipinski definition) is 1. The van der Waals surface area contributed by atoms with Crippen LogP contribution in [0.15, 0.2) is 29.8 Å². The molecule has 7 nitrogen and oxygen atoms in total. The van der Waals surface area contributed by atoms with Gasteiger partial charge in [0.15, 0.2) is 0 Å². The van der Waals surface area contributed by atoms with Crippen LogP contribution in [0, 0.1) is 10.1 Å². The molecule has 1 rings (SSSR count). The highest BCUT2D eigenvalue weighted by Gasteiger charge is 2.42. The van der Waals surface area contributed by atoms with Gasteiger partial charge in [-0.2, -0.15) is 0 Å². The number of nitro groups is 1. The van der Waals surface area contributed by atoms with Crippen LogP contribution in [0.5, 0.6) is 0 Å². The molecule has 0 saturated carbocycles. The molecule has 0 amide bonds. The van der Waals surface area contributed by atoms with Crippen molar-refractivity contribution in [2.24, 2.45) is 0 Å². The van der Waals surface area contributed by atoms with Crippen molar-refractivity contribution in [2.75, 3.05) is 19.1 Å². The van der Waals surface area contributed by atoms with E-state index in [0.29, 0.717) is 0 Å². The number of ether oxygens (including phenoxy) is 1. The van der Waals surface area contributed by atoms with Gasteiger partial charge in [-0.3, -0.25) is 14.3 Å². The second-order valence-corrected chi connectivity index (χ2v) is 8.02. The minimum atomic E-state index is -1.81. The van der Waals surface area contributed by atoms with Crippen molar-refractivity contribution in [3.05, 3.63) is 45.5 Å². The molecule has 0 saturated heterocycles. The molecule has 0 aliphatic rings. The van der Waals surface area contributed by atoms with Crippen molar-refractivity contribution in [3.63, 3.8) is 0 Å². The van der Waals surface area contributed by atoms with E-state index in [2.05, 4.69) is 0 Å². The molecular formula is C16H21NO6S2. The predicted octanol–water partition coefficient (Wildman–Crippen LogP) is 2.36. The zero-order valence-corrected chi connectivity index (χ0v) is 16.1. The third-order valence-corrected chi connectivity index (χ3v) is 6.79. The number of aliphatic hydroxyl groups is 1. The fraction of sp³-hybridized carbons (Fsp3) is 0.438. The second kappa shape index (κ2) is 9.12. The number of para-hydroxylation sites is 1. The first-order valence-corrected chi connectivity index (χ1v) is 10.3. The van der Waals surface area contributed by atoms with Crippen LogP contribution < -0.4 is 0 Å². The van der Waals surface area contributed by atoms with E-state index >= 15 is 0 Å². The average molecular weight is 387 g/mol. The Kier molecular flexibility index (Phi) is 7.78. The normalized spacial score (nSPS) is 16.6. The number of benzene rings is 1. The van der Waals surface area contributed by atoms with Crippen LogP contribution >= 0.6 is 11.8 Å². The number of nitrogens with zero attached hydrogens (tertiary/aromatic N) is 1. The first-order valence-electron chi connectivity index (χ1n) is 7.36. The molecule has 0 radical (unpaired) electrons. The lowest BCUT2D eigenvalue weighted by atomic mass is 9.94. The SMILES string of the molecule is CCOC(=O)/C(=C\c1ccccc1[N+](=O)[O-])[C@@](C)(O)[C@H](SC)S(C)=O. The maximum atomic E-state index is 12.4. The Bertz CT molecular complexity index is 702. The summed E-state index contributed by atoms with van der Waals surface area (Å²) < 4.78 is 16.2. The molecule has 9 heteroatoms. The number of nitro benzene ring substituents is 1. The molecule has 0 spiro atoms. The van der Waals surface area contributed by atoms with Crippen molar-refractivity contribution in [1.29, 1.82) is 0 Å². The number of carbonyl (C=O) groups excluding carboxylic acids is 1. The lowest BCUT2D eigenvalue weighted by Gasteiger charge is -2.31. The summed E-state index contributed by atoms with van der Waals surface area (Å²) in [6.07, 6.45) is 4.31. The zero-order chi connectivity index (χ0) is 19.2. The maximum Gasteiger partial charge on any atom is 0.337 e. The number of esters is 1. The molecule has 138 valence electrons. The largest absolute Gasteiger partial charge is 0.463 e. The molecule has 0 aliphatic heterocycles. The van der Waals surface area contributed by atoms with E-state index in [1.54, 1.807) is 19.2 Å². The molecule has 25 heavy (non-hydrogen) atoms. The Labute approximate surface area is 153 Å². The molecule has 0 aliphatic carbocycles. The Morgan fingerprint density at radius 1 is 1.52 bits per heavy atom. The smallest absolute Gasteiger partial charge is 0.337 e. The fourth-order valence-corrected chi connectivity index (χ4v) is 4.81. The van der Waals surface area contributed by atoms with E-state index in [0.717, 1.165) is 11.8 Å². The van der Waals surface area contributed by atoms with Crippen molar-refractivity contribution in [2.45, 2.75) is 24.0 Å². The summed E-state index contributed by atoms with van der Waals surface area (Å²) in [6, 6.07) is 5.85. The van der Waals surface area contributed by atoms with Crippen LogP contribution in [-0.2, 0) is 20.3 Å². The van der Waals surface area contributed by atoms with Gasteiger partial charge < -0.3 is 9.84 Å². The Morgan fingerprint density at radius 3 is 2.60 bits per heavy atom. The van der Waals surface area contributed by atoms with E-state index in [-0.39, 0.29) is 23.4 Å². The van der Waals surface area contributed by atoms with Crippen LogP contribution in [0.3, 0.4) is 0 Å². The summed E-state index contributed by atoms with van der Waals surface area (Å²) >= 11 is 1.14. The van der Waals surface area contributed by atoms with Gasteiger partial charge in [-0.15, -0.1) is 11.8 Å². The number of carbonyl (C=O) groups is 1. The van der Waals surface area contributed by atoms with Gasteiger partial charge in [0.1, 0.15) is 10.2 Å². The predicted molar refractivity (Wildman–Crippen MR) is 99.7 cm³/mol. The van der Waals surface area contributed by atoms with Gasteiger partial charge in [0, 0.05) is 23.1 Å². The molecule has 0 heterocycles. The van der Waals surface area contributed by atoms with Crippen LogP contribution in [0.25, 0.3) is 6.08 Å². The van der Waals surface area contributed by atoms with Gasteiger partial charge in [-0.25, -0.2) is 4.79 Å². The number of rotatable bonds is 8. The molecule has 1 N–H and O–H groups in total. The molecule has 0 bridgehead atoms. The van der Waals surface area contributed by atoms with Crippen molar-refractivity contribution in [1.82, 2.24) is 0 Å². The summed E-state index contributed by atoms with van der Waals surface area (Å²) in [6.45, 7) is 3.04. The third-order valence-electron chi connectivity index (χ3n) is 3.45. The lowest BCUT2D eigenvalue weighted by Crippen LogP contribution is -2.44. The molecule has 1 aromatic rings. The molecule has 3 atom stereocenters. The first-order chi connectivity index (χ1) is 11.7. The van der Waals surface area contributed by atoms with E-state index < -0.39 is 31.9 Å². The average Bonchev–Trinajstić information content (AvgIpc) is 2.52. The highest BCUT2D eigenvalue weighted by atomic mass is 32.2. The summed E-state index contributed by atoms with van der Waals surface area (Å²) in [7, 11) is -1.46. The number of hydrogen-bond acceptors (Lipinski definition) is 7. The van der Waals surface area contributed by atoms with Gasteiger partial charge in [0.05, 0.1) is 22.7 Å². The van der Waals surface area contributed by atoms with E-state index in [9.17, 15) is 24.2 Å². The fourth-order valence-electron chi connectivity index (χ4n) is 2.37. The minimum absolute atomic E-state index is 0.0717. The van der Waals surface area contributed by atoms with Crippen molar-refractivity contribution < 1.29 is 23.8 Å². The standard InChI is InChI=1S/C16H21NO6S2/c1-5-23-14(18)12(16(2,19)15(24-3)25(4)22)10-11-8-6-7-9-13(11)17(20)21/h6-10,15,19H,5H2,1-4H3/b12-10+/t15-,16-,25?/m1/s1. The molecule has 0 aromatic heterocycles.